The van der Waals surface area contributed by atoms with E-state index in [4.69, 9.17) is 5.11 Å². The van der Waals surface area contributed by atoms with E-state index in [1.54, 1.807) is 13.0 Å². The number of aliphatic hydroxyl groups excluding tert-OH is 1. The summed E-state index contributed by atoms with van der Waals surface area (Å²) < 4.78 is 0. The van der Waals surface area contributed by atoms with E-state index >= 15 is 0 Å². The van der Waals surface area contributed by atoms with Crippen molar-refractivity contribution >= 4 is 0 Å². The Labute approximate surface area is 55.8 Å². The van der Waals surface area contributed by atoms with Crippen molar-refractivity contribution in [1.82, 2.24) is 0 Å². The van der Waals surface area contributed by atoms with Crippen LogP contribution in [0.1, 0.15) is 19.8 Å². The average molecular weight is 130 g/mol. The van der Waals surface area contributed by atoms with Crippen LogP contribution in [0.4, 0.5) is 0 Å². The molecule has 1 unspecified atom stereocenters. The third-order valence-corrected chi connectivity index (χ3v) is 1.23. The van der Waals surface area contributed by atoms with Crippen LogP contribution in [-0.4, -0.2) is 22.4 Å². The van der Waals surface area contributed by atoms with Crippen molar-refractivity contribution in [3.05, 3.63) is 12.7 Å². The molecule has 54 valence electrons. The lowest BCUT2D eigenvalue weighted by atomic mass is 9.99. The smallest absolute Gasteiger partial charge is 0.0675 e. The molecular weight excluding hydrogens is 116 g/mol. The third kappa shape index (κ3) is 4.18. The van der Waals surface area contributed by atoms with Gasteiger partial charge in [-0.1, -0.05) is 6.08 Å². The Morgan fingerprint density at radius 2 is 2.22 bits per heavy atom. The van der Waals surface area contributed by atoms with Gasteiger partial charge in [0.1, 0.15) is 0 Å². The molecule has 2 nitrogen and oxygen atoms in total. The highest BCUT2D eigenvalue weighted by atomic mass is 16.3. The number of hydrogen-bond donors (Lipinski definition) is 2. The summed E-state index contributed by atoms with van der Waals surface area (Å²) >= 11 is 0. The molecule has 2 heteroatoms. The molecule has 9 heavy (non-hydrogen) atoms. The first-order valence-corrected chi connectivity index (χ1v) is 3.06. The zero-order chi connectivity index (χ0) is 7.33. The molecule has 0 aromatic heterocycles. The Balaban J connectivity index is 3.55. The Morgan fingerprint density at radius 3 is 2.56 bits per heavy atom. The van der Waals surface area contributed by atoms with Crippen molar-refractivity contribution < 1.29 is 10.2 Å². The maximum Gasteiger partial charge on any atom is 0.0675 e. The topological polar surface area (TPSA) is 40.5 Å². The molecule has 0 radical (unpaired) electrons. The SMILES string of the molecule is C=CCC(C)(O)CCO. The third-order valence-electron chi connectivity index (χ3n) is 1.23. The summed E-state index contributed by atoms with van der Waals surface area (Å²) in [5.74, 6) is 0. The van der Waals surface area contributed by atoms with Gasteiger partial charge in [0.2, 0.25) is 0 Å². The highest BCUT2D eigenvalue weighted by molar-refractivity contribution is 4.81. The normalized spacial score (nSPS) is 16.8. The molecule has 1 atom stereocenters. The molecule has 0 amide bonds. The van der Waals surface area contributed by atoms with Crippen LogP contribution in [0.2, 0.25) is 0 Å². The number of aliphatic hydroxyl groups is 2. The Morgan fingerprint density at radius 1 is 1.67 bits per heavy atom. The van der Waals surface area contributed by atoms with E-state index in [0.29, 0.717) is 12.8 Å². The fourth-order valence-corrected chi connectivity index (χ4v) is 0.654. The van der Waals surface area contributed by atoms with Gasteiger partial charge >= 0.3 is 0 Å². The zero-order valence-electron chi connectivity index (χ0n) is 5.80. The molecule has 0 saturated carbocycles. The molecule has 2 N–H and O–H groups in total. The van der Waals surface area contributed by atoms with E-state index in [1.165, 1.54) is 0 Å². The predicted molar refractivity (Wildman–Crippen MR) is 37.1 cm³/mol. The first kappa shape index (κ1) is 8.66. The molecular formula is C7H14O2. The van der Waals surface area contributed by atoms with Crippen LogP contribution in [0, 0.1) is 0 Å². The van der Waals surface area contributed by atoms with Crippen LogP contribution in [-0.2, 0) is 0 Å². The van der Waals surface area contributed by atoms with Crippen LogP contribution in [0.25, 0.3) is 0 Å². The monoisotopic (exact) mass is 130 g/mol. The quantitative estimate of drug-likeness (QED) is 0.550. The summed E-state index contributed by atoms with van der Waals surface area (Å²) in [5, 5.41) is 17.7. The summed E-state index contributed by atoms with van der Waals surface area (Å²) in [6.07, 6.45) is 2.60. The molecule has 0 bridgehead atoms. The Bertz CT molecular complexity index is 86.9. The van der Waals surface area contributed by atoms with Gasteiger partial charge in [-0.05, 0) is 19.8 Å². The lowest BCUT2D eigenvalue weighted by molar-refractivity contribution is 0.0364. The highest BCUT2D eigenvalue weighted by Gasteiger charge is 2.16. The fraction of sp³-hybridized carbons (Fsp3) is 0.714. The van der Waals surface area contributed by atoms with Crippen molar-refractivity contribution in [2.24, 2.45) is 0 Å². The summed E-state index contributed by atoms with van der Waals surface area (Å²) in [7, 11) is 0. The average Bonchev–Trinajstić information content (AvgIpc) is 1.64. The van der Waals surface area contributed by atoms with Gasteiger partial charge in [-0.2, -0.15) is 0 Å². The van der Waals surface area contributed by atoms with Gasteiger partial charge < -0.3 is 10.2 Å². The lowest BCUT2D eigenvalue weighted by Crippen LogP contribution is -2.24. The standard InChI is InChI=1S/C7H14O2/c1-3-4-7(2,9)5-6-8/h3,8-9H,1,4-6H2,2H3. The van der Waals surface area contributed by atoms with Crippen molar-refractivity contribution in [2.45, 2.75) is 25.4 Å². The molecule has 0 aromatic carbocycles. The molecule has 0 saturated heterocycles. The largest absolute Gasteiger partial charge is 0.396 e. The molecule has 0 aromatic rings. The van der Waals surface area contributed by atoms with E-state index in [9.17, 15) is 5.11 Å². The summed E-state index contributed by atoms with van der Waals surface area (Å²) in [4.78, 5) is 0. The first-order chi connectivity index (χ1) is 4.12. The Hall–Kier alpha value is -0.340. The summed E-state index contributed by atoms with van der Waals surface area (Å²) in [5.41, 5.74) is -0.767. The second-order valence-corrected chi connectivity index (χ2v) is 2.46. The van der Waals surface area contributed by atoms with Gasteiger partial charge in [0.05, 0.1) is 5.60 Å². The van der Waals surface area contributed by atoms with Gasteiger partial charge in [-0.25, -0.2) is 0 Å². The van der Waals surface area contributed by atoms with Crippen LogP contribution in [0.3, 0.4) is 0 Å². The van der Waals surface area contributed by atoms with E-state index in [2.05, 4.69) is 6.58 Å². The molecule has 0 fully saturated rings. The van der Waals surface area contributed by atoms with Gasteiger partial charge in [0, 0.05) is 6.61 Å². The van der Waals surface area contributed by atoms with Gasteiger partial charge in [0.15, 0.2) is 0 Å². The second kappa shape index (κ2) is 3.64. The lowest BCUT2D eigenvalue weighted by Gasteiger charge is -2.19. The van der Waals surface area contributed by atoms with Crippen molar-refractivity contribution in [3.63, 3.8) is 0 Å². The van der Waals surface area contributed by atoms with Crippen LogP contribution in [0.5, 0.6) is 0 Å². The fourth-order valence-electron chi connectivity index (χ4n) is 0.654. The van der Waals surface area contributed by atoms with Gasteiger partial charge in [-0.15, -0.1) is 6.58 Å². The summed E-state index contributed by atoms with van der Waals surface area (Å²) in [6.45, 7) is 5.20. The molecule has 0 spiro atoms. The van der Waals surface area contributed by atoms with Crippen molar-refractivity contribution in [2.75, 3.05) is 6.61 Å². The zero-order valence-corrected chi connectivity index (χ0v) is 5.80. The minimum Gasteiger partial charge on any atom is -0.396 e. The summed E-state index contributed by atoms with van der Waals surface area (Å²) in [6, 6.07) is 0. The van der Waals surface area contributed by atoms with E-state index in [-0.39, 0.29) is 6.61 Å². The van der Waals surface area contributed by atoms with Crippen LogP contribution in [0.15, 0.2) is 12.7 Å². The molecule has 0 rings (SSSR count). The Kier molecular flexibility index (Phi) is 3.50. The maximum atomic E-state index is 9.28. The van der Waals surface area contributed by atoms with E-state index in [0.717, 1.165) is 0 Å². The van der Waals surface area contributed by atoms with Gasteiger partial charge in [-0.3, -0.25) is 0 Å². The van der Waals surface area contributed by atoms with Crippen molar-refractivity contribution in [1.29, 1.82) is 0 Å². The molecule has 0 aliphatic rings. The van der Waals surface area contributed by atoms with Crippen LogP contribution >= 0.6 is 0 Å². The second-order valence-electron chi connectivity index (χ2n) is 2.46. The van der Waals surface area contributed by atoms with Gasteiger partial charge in [0.25, 0.3) is 0 Å². The van der Waals surface area contributed by atoms with E-state index < -0.39 is 5.60 Å². The molecule has 0 aliphatic carbocycles. The molecule has 0 aliphatic heterocycles. The highest BCUT2D eigenvalue weighted by Crippen LogP contribution is 2.13. The first-order valence-electron chi connectivity index (χ1n) is 3.06. The predicted octanol–water partition coefficient (Wildman–Crippen LogP) is 0.696. The van der Waals surface area contributed by atoms with E-state index in [1.807, 2.05) is 0 Å². The van der Waals surface area contributed by atoms with Crippen molar-refractivity contribution in [3.8, 4) is 0 Å². The number of hydrogen-bond acceptors (Lipinski definition) is 2. The minimum atomic E-state index is -0.767. The molecule has 0 heterocycles. The number of rotatable bonds is 4. The van der Waals surface area contributed by atoms with Crippen LogP contribution < -0.4 is 0 Å². The maximum absolute atomic E-state index is 9.28. The minimum absolute atomic E-state index is 0.0286.